The molecule has 1 atom stereocenters. The third-order valence-corrected chi connectivity index (χ3v) is 2.97. The number of hydrogen-bond acceptors (Lipinski definition) is 3. The van der Waals surface area contributed by atoms with Crippen LogP contribution in [0.1, 0.15) is 46.5 Å². The molecule has 0 aromatic carbocycles. The van der Waals surface area contributed by atoms with Gasteiger partial charge in [0.2, 0.25) is 0 Å². The molecule has 0 bridgehead atoms. The van der Waals surface area contributed by atoms with Gasteiger partial charge in [-0.2, -0.15) is 0 Å². The predicted octanol–water partition coefficient (Wildman–Crippen LogP) is 2.45. The van der Waals surface area contributed by atoms with E-state index in [0.29, 0.717) is 12.3 Å². The topological polar surface area (TPSA) is 29.5 Å². The van der Waals surface area contributed by atoms with Crippen molar-refractivity contribution in [2.45, 2.75) is 52.6 Å². The minimum atomic E-state index is -0.0293. The highest BCUT2D eigenvalue weighted by molar-refractivity contribution is 5.69. The van der Waals surface area contributed by atoms with Crippen LogP contribution < -0.4 is 0 Å². The Kier molecular flexibility index (Phi) is 5.81. The molecule has 0 amide bonds. The third-order valence-electron chi connectivity index (χ3n) is 2.97. The second-order valence-corrected chi connectivity index (χ2v) is 5.05. The molecule has 1 saturated heterocycles. The zero-order chi connectivity index (χ0) is 12.0. The van der Waals surface area contributed by atoms with Gasteiger partial charge >= 0.3 is 5.97 Å². The van der Waals surface area contributed by atoms with E-state index < -0.39 is 0 Å². The second kappa shape index (κ2) is 6.89. The van der Waals surface area contributed by atoms with Crippen molar-refractivity contribution in [1.29, 1.82) is 0 Å². The molecule has 0 radical (unpaired) electrons. The van der Waals surface area contributed by atoms with E-state index in [-0.39, 0.29) is 12.1 Å². The van der Waals surface area contributed by atoms with Crippen LogP contribution in [0.4, 0.5) is 0 Å². The van der Waals surface area contributed by atoms with E-state index in [0.717, 1.165) is 13.1 Å². The summed E-state index contributed by atoms with van der Waals surface area (Å²) in [7, 11) is 0. The highest BCUT2D eigenvalue weighted by Gasteiger charge is 2.22. The molecule has 1 rings (SSSR count). The van der Waals surface area contributed by atoms with E-state index in [1.807, 2.05) is 13.8 Å². The van der Waals surface area contributed by atoms with Crippen molar-refractivity contribution in [2.24, 2.45) is 5.92 Å². The van der Waals surface area contributed by atoms with Crippen LogP contribution in [0.25, 0.3) is 0 Å². The van der Waals surface area contributed by atoms with E-state index in [1.165, 1.54) is 25.8 Å². The average Bonchev–Trinajstić information content (AvgIpc) is 2.17. The molecule has 94 valence electrons. The lowest BCUT2D eigenvalue weighted by atomic mass is 9.95. The van der Waals surface area contributed by atoms with Crippen LogP contribution in [-0.4, -0.2) is 36.6 Å². The van der Waals surface area contributed by atoms with Crippen molar-refractivity contribution in [3.8, 4) is 0 Å². The van der Waals surface area contributed by atoms with Crippen molar-refractivity contribution in [3.63, 3.8) is 0 Å². The molecule has 3 nitrogen and oxygen atoms in total. The highest BCUT2D eigenvalue weighted by atomic mass is 16.5. The Morgan fingerprint density at radius 1 is 1.50 bits per heavy atom. The van der Waals surface area contributed by atoms with Gasteiger partial charge in [0, 0.05) is 13.0 Å². The molecule has 1 aliphatic rings. The Morgan fingerprint density at radius 2 is 2.25 bits per heavy atom. The summed E-state index contributed by atoms with van der Waals surface area (Å²) in [6, 6.07) is 0. The van der Waals surface area contributed by atoms with Crippen LogP contribution in [0, 0.1) is 5.92 Å². The largest absolute Gasteiger partial charge is 0.463 e. The molecule has 0 saturated carbocycles. The highest BCUT2D eigenvalue weighted by Crippen LogP contribution is 2.20. The molecule has 1 aliphatic heterocycles. The van der Waals surface area contributed by atoms with Crippen molar-refractivity contribution in [3.05, 3.63) is 0 Å². The van der Waals surface area contributed by atoms with Gasteiger partial charge in [0.05, 0.1) is 6.10 Å². The van der Waals surface area contributed by atoms with Gasteiger partial charge in [-0.3, -0.25) is 4.79 Å². The van der Waals surface area contributed by atoms with Crippen LogP contribution in [0.3, 0.4) is 0 Å². The lowest BCUT2D eigenvalue weighted by Crippen LogP contribution is -2.37. The first-order chi connectivity index (χ1) is 7.61. The van der Waals surface area contributed by atoms with E-state index in [4.69, 9.17) is 4.74 Å². The zero-order valence-electron chi connectivity index (χ0n) is 10.9. The first-order valence-corrected chi connectivity index (χ1v) is 6.53. The molecule has 0 aliphatic carbocycles. The van der Waals surface area contributed by atoms with Crippen LogP contribution in [0.15, 0.2) is 0 Å². The third kappa shape index (κ3) is 4.97. The number of nitrogens with zero attached hydrogens (tertiary/aromatic N) is 1. The molecule has 3 heteroatoms. The fraction of sp³-hybridized carbons (Fsp3) is 0.923. The smallest absolute Gasteiger partial charge is 0.306 e. The van der Waals surface area contributed by atoms with Gasteiger partial charge in [-0.1, -0.05) is 6.92 Å². The summed E-state index contributed by atoms with van der Waals surface area (Å²) in [5.74, 6) is 0.477. The molecule has 0 N–H and O–H groups in total. The Labute approximate surface area is 99.1 Å². The lowest BCUT2D eigenvalue weighted by molar-refractivity contribution is -0.148. The summed E-state index contributed by atoms with van der Waals surface area (Å²) in [5, 5.41) is 0. The summed E-state index contributed by atoms with van der Waals surface area (Å²) in [5.41, 5.74) is 0. The van der Waals surface area contributed by atoms with Crippen LogP contribution in [0.2, 0.25) is 0 Å². The van der Waals surface area contributed by atoms with Gasteiger partial charge in [-0.15, -0.1) is 0 Å². The Bertz CT molecular complexity index is 214. The maximum Gasteiger partial charge on any atom is 0.306 e. The Balaban J connectivity index is 2.28. The fourth-order valence-electron chi connectivity index (χ4n) is 2.38. The lowest BCUT2D eigenvalue weighted by Gasteiger charge is -2.32. The van der Waals surface area contributed by atoms with Crippen molar-refractivity contribution < 1.29 is 9.53 Å². The van der Waals surface area contributed by atoms with Crippen LogP contribution in [-0.2, 0) is 9.53 Å². The van der Waals surface area contributed by atoms with Gasteiger partial charge in [0.1, 0.15) is 0 Å². The average molecular weight is 227 g/mol. The first-order valence-electron chi connectivity index (χ1n) is 6.53. The molecule has 1 heterocycles. The maximum atomic E-state index is 11.5. The first kappa shape index (κ1) is 13.5. The number of piperidine rings is 1. The molecule has 0 spiro atoms. The molecular formula is C13H25NO2. The molecule has 0 aromatic heterocycles. The number of carbonyl (C=O) groups is 1. The van der Waals surface area contributed by atoms with E-state index in [1.54, 1.807) is 0 Å². The van der Waals surface area contributed by atoms with Crippen molar-refractivity contribution in [1.82, 2.24) is 4.90 Å². The molecular weight excluding hydrogens is 202 g/mol. The summed E-state index contributed by atoms with van der Waals surface area (Å²) in [6.45, 7) is 9.45. The molecule has 1 fully saturated rings. The van der Waals surface area contributed by atoms with Crippen LogP contribution in [0.5, 0.6) is 0 Å². The fourth-order valence-corrected chi connectivity index (χ4v) is 2.38. The quantitative estimate of drug-likeness (QED) is 0.676. The normalized spacial score (nSPS) is 22.4. The number of rotatable bonds is 5. The van der Waals surface area contributed by atoms with Gasteiger partial charge in [0.25, 0.3) is 0 Å². The van der Waals surface area contributed by atoms with Gasteiger partial charge in [-0.05, 0) is 52.1 Å². The van der Waals surface area contributed by atoms with Gasteiger partial charge in [-0.25, -0.2) is 0 Å². The summed E-state index contributed by atoms with van der Waals surface area (Å²) >= 11 is 0. The minimum Gasteiger partial charge on any atom is -0.463 e. The second-order valence-electron chi connectivity index (χ2n) is 5.05. The number of likely N-dealkylation sites (tertiary alicyclic amines) is 1. The number of esters is 1. The standard InChI is InChI=1S/C13H25NO2/c1-4-7-14-8-5-6-12(10-14)9-13(15)16-11(2)3/h11-12H,4-10H2,1-3H3. The van der Waals surface area contributed by atoms with E-state index in [9.17, 15) is 4.79 Å². The van der Waals surface area contributed by atoms with Gasteiger partial charge in [0.15, 0.2) is 0 Å². The minimum absolute atomic E-state index is 0.0165. The van der Waals surface area contributed by atoms with Gasteiger partial charge < -0.3 is 9.64 Å². The van der Waals surface area contributed by atoms with Crippen molar-refractivity contribution >= 4 is 5.97 Å². The maximum absolute atomic E-state index is 11.5. The predicted molar refractivity (Wildman–Crippen MR) is 65.3 cm³/mol. The van der Waals surface area contributed by atoms with Crippen LogP contribution >= 0.6 is 0 Å². The molecule has 0 aromatic rings. The molecule has 16 heavy (non-hydrogen) atoms. The zero-order valence-corrected chi connectivity index (χ0v) is 10.9. The number of hydrogen-bond donors (Lipinski definition) is 0. The Morgan fingerprint density at radius 3 is 2.88 bits per heavy atom. The number of carbonyl (C=O) groups excluding carboxylic acids is 1. The monoisotopic (exact) mass is 227 g/mol. The number of ether oxygens (including phenoxy) is 1. The summed E-state index contributed by atoms with van der Waals surface area (Å²) in [4.78, 5) is 14.0. The van der Waals surface area contributed by atoms with E-state index in [2.05, 4.69) is 11.8 Å². The summed E-state index contributed by atoms with van der Waals surface area (Å²) in [6.07, 6.45) is 4.21. The Hall–Kier alpha value is -0.570. The van der Waals surface area contributed by atoms with E-state index >= 15 is 0 Å². The van der Waals surface area contributed by atoms with Crippen molar-refractivity contribution in [2.75, 3.05) is 19.6 Å². The SMILES string of the molecule is CCCN1CCCC(CC(=O)OC(C)C)C1. The summed E-state index contributed by atoms with van der Waals surface area (Å²) < 4.78 is 5.19. The molecule has 1 unspecified atom stereocenters.